The van der Waals surface area contributed by atoms with Crippen molar-refractivity contribution >= 4 is 16.9 Å². The monoisotopic (exact) mass is 461 g/mol. The van der Waals surface area contributed by atoms with Crippen molar-refractivity contribution in [2.45, 2.75) is 57.2 Å². The molecule has 4 aromatic rings. The second-order valence-electron chi connectivity index (χ2n) is 9.96. The van der Waals surface area contributed by atoms with Gasteiger partial charge < -0.3 is 18.6 Å². The van der Waals surface area contributed by atoms with E-state index in [9.17, 15) is 4.79 Å². The lowest BCUT2D eigenvalue weighted by atomic mass is 9.62. The smallest absolute Gasteiger partial charge is 0.258 e. The number of Topliss-reactive ketones (excluding diaryl/α,β-unsaturated/α-hetero) is 1. The number of ether oxygens (including phenoxy) is 3. The highest BCUT2D eigenvalue weighted by Crippen LogP contribution is 2.58. The summed E-state index contributed by atoms with van der Waals surface area (Å²) >= 11 is 0. The average Bonchev–Trinajstić information content (AvgIpc) is 3.53. The number of imidazole rings is 1. The maximum Gasteiger partial charge on any atom is 0.258 e. The number of aromatic nitrogens is 5. The van der Waals surface area contributed by atoms with Crippen LogP contribution >= 0.6 is 0 Å². The van der Waals surface area contributed by atoms with E-state index in [4.69, 9.17) is 19.2 Å². The normalized spacial score (nSPS) is 23.6. The van der Waals surface area contributed by atoms with E-state index < -0.39 is 0 Å². The van der Waals surface area contributed by atoms with Gasteiger partial charge in [0.1, 0.15) is 11.3 Å². The zero-order valence-electron chi connectivity index (χ0n) is 19.7. The van der Waals surface area contributed by atoms with Crippen molar-refractivity contribution in [1.82, 2.24) is 24.0 Å². The summed E-state index contributed by atoms with van der Waals surface area (Å²) in [6, 6.07) is 3.64. The van der Waals surface area contributed by atoms with Crippen LogP contribution in [0, 0.1) is 0 Å². The Kier molecular flexibility index (Phi) is 4.51. The van der Waals surface area contributed by atoms with Crippen molar-refractivity contribution in [2.24, 2.45) is 0 Å². The number of pyridine rings is 1. The molecule has 0 N–H and O–H groups in total. The molecule has 176 valence electrons. The summed E-state index contributed by atoms with van der Waals surface area (Å²) in [4.78, 5) is 22.9. The fraction of sp³-hybridized carbons (Fsp3) is 0.440. The van der Waals surface area contributed by atoms with Crippen LogP contribution in [0.1, 0.15) is 55.4 Å². The second kappa shape index (κ2) is 7.27. The van der Waals surface area contributed by atoms with Crippen LogP contribution in [0.2, 0.25) is 0 Å². The van der Waals surface area contributed by atoms with E-state index in [2.05, 4.69) is 17.0 Å². The van der Waals surface area contributed by atoms with Gasteiger partial charge in [-0.3, -0.25) is 4.79 Å². The molecule has 0 unspecified atom stereocenters. The third-order valence-corrected chi connectivity index (χ3v) is 6.83. The molecule has 4 aromatic heterocycles. The van der Waals surface area contributed by atoms with Gasteiger partial charge in [-0.05, 0) is 45.7 Å². The topological polar surface area (TPSA) is 92.3 Å². The predicted octanol–water partition coefficient (Wildman–Crippen LogP) is 3.42. The molecule has 1 saturated carbocycles. The van der Waals surface area contributed by atoms with Gasteiger partial charge in [-0.2, -0.15) is 5.10 Å². The van der Waals surface area contributed by atoms with Crippen molar-refractivity contribution < 1.29 is 19.0 Å². The van der Waals surface area contributed by atoms with Crippen molar-refractivity contribution in [3.63, 3.8) is 0 Å². The summed E-state index contributed by atoms with van der Waals surface area (Å²) in [6.45, 7) is 6.74. The van der Waals surface area contributed by atoms with E-state index in [-0.39, 0.29) is 29.3 Å². The van der Waals surface area contributed by atoms with Gasteiger partial charge in [-0.25, -0.2) is 14.5 Å². The lowest BCUT2D eigenvalue weighted by Crippen LogP contribution is -2.45. The van der Waals surface area contributed by atoms with E-state index in [0.29, 0.717) is 40.7 Å². The molecule has 0 amide bonds. The van der Waals surface area contributed by atoms with E-state index in [0.717, 1.165) is 18.5 Å². The van der Waals surface area contributed by atoms with Crippen LogP contribution in [-0.4, -0.2) is 55.2 Å². The third-order valence-electron chi connectivity index (χ3n) is 6.83. The summed E-state index contributed by atoms with van der Waals surface area (Å²) in [5.41, 5.74) is 3.32. The molecule has 0 atom stereocenters. The minimum Gasteiger partial charge on any atom is -0.494 e. The molecule has 2 aliphatic heterocycles. The molecule has 0 radical (unpaired) electrons. The van der Waals surface area contributed by atoms with Crippen molar-refractivity contribution in [2.75, 3.05) is 13.7 Å². The van der Waals surface area contributed by atoms with E-state index in [1.165, 1.54) is 0 Å². The standard InChI is InChI=1S/C25H27N5O4/c1-15(2)34-23-22-28-20(25-12-24(3,13-25)33-14-25)11-29(22)10-16(27-23)8-18(31)17-9-26-30-7-5-6-19(32-4)21(17)30/h5-7,9-11,15H,8,12-14H2,1-4H3. The SMILES string of the molecule is COc1cccn2ncc(C(=O)Cc3cn4cc(C56COC(C)(C5)C6)nc4c(OC(C)C)n3)c12. The molecule has 2 saturated heterocycles. The number of fused-ring (bicyclic) bond motifs is 3. The molecule has 0 aromatic carbocycles. The first-order valence-electron chi connectivity index (χ1n) is 11.5. The van der Waals surface area contributed by atoms with Gasteiger partial charge in [0.25, 0.3) is 5.88 Å². The fourth-order valence-electron chi connectivity index (χ4n) is 5.45. The van der Waals surface area contributed by atoms with Gasteiger partial charge in [-0.1, -0.05) is 0 Å². The molecule has 7 rings (SSSR count). The van der Waals surface area contributed by atoms with Gasteiger partial charge in [-0.15, -0.1) is 0 Å². The molecule has 34 heavy (non-hydrogen) atoms. The van der Waals surface area contributed by atoms with E-state index in [1.54, 1.807) is 24.0 Å². The zero-order chi connectivity index (χ0) is 23.7. The summed E-state index contributed by atoms with van der Waals surface area (Å²) < 4.78 is 21.0. The minimum atomic E-state index is -0.0975. The van der Waals surface area contributed by atoms with E-state index in [1.807, 2.05) is 42.8 Å². The van der Waals surface area contributed by atoms with Crippen molar-refractivity contribution in [1.29, 1.82) is 0 Å². The molecule has 2 bridgehead atoms. The molecular weight excluding hydrogens is 434 g/mol. The number of hydrogen-bond donors (Lipinski definition) is 0. The van der Waals surface area contributed by atoms with Gasteiger partial charge in [0.05, 0.1) is 55.0 Å². The lowest BCUT2D eigenvalue weighted by Gasteiger charge is -2.41. The summed E-state index contributed by atoms with van der Waals surface area (Å²) in [5, 5.41) is 4.31. The first-order valence-corrected chi connectivity index (χ1v) is 11.5. The molecule has 9 heteroatoms. The summed E-state index contributed by atoms with van der Waals surface area (Å²) in [5.74, 6) is 0.932. The van der Waals surface area contributed by atoms with Crippen LogP contribution < -0.4 is 9.47 Å². The van der Waals surface area contributed by atoms with E-state index >= 15 is 0 Å². The highest BCUT2D eigenvalue weighted by Gasteiger charge is 2.61. The number of methoxy groups -OCH3 is 1. The van der Waals surface area contributed by atoms with Crippen LogP contribution in [0.25, 0.3) is 11.2 Å². The maximum atomic E-state index is 13.3. The van der Waals surface area contributed by atoms with Crippen LogP contribution in [-0.2, 0) is 16.6 Å². The van der Waals surface area contributed by atoms with Gasteiger partial charge in [0.2, 0.25) is 5.65 Å². The van der Waals surface area contributed by atoms with Gasteiger partial charge in [0, 0.05) is 24.0 Å². The molecule has 6 heterocycles. The van der Waals surface area contributed by atoms with Crippen molar-refractivity contribution in [3.05, 3.63) is 53.9 Å². The lowest BCUT2D eigenvalue weighted by molar-refractivity contribution is 0.0154. The van der Waals surface area contributed by atoms with Gasteiger partial charge >= 0.3 is 0 Å². The largest absolute Gasteiger partial charge is 0.494 e. The number of carbonyl (C=O) groups is 1. The van der Waals surface area contributed by atoms with Crippen LogP contribution in [0.4, 0.5) is 0 Å². The quantitative estimate of drug-likeness (QED) is 0.390. The average molecular weight is 462 g/mol. The first kappa shape index (κ1) is 21.1. The Hall–Kier alpha value is -3.46. The fourth-order valence-corrected chi connectivity index (χ4v) is 5.45. The highest BCUT2D eigenvalue weighted by molar-refractivity contribution is 6.04. The molecule has 3 fully saturated rings. The molecular formula is C25H27N5O4. The summed E-state index contributed by atoms with van der Waals surface area (Å²) in [7, 11) is 1.58. The number of ketones is 1. The van der Waals surface area contributed by atoms with Crippen LogP contribution in [0.5, 0.6) is 11.6 Å². The number of carbonyl (C=O) groups excluding carboxylic acids is 1. The number of hydrogen-bond acceptors (Lipinski definition) is 7. The Morgan fingerprint density at radius 2 is 2.09 bits per heavy atom. The first-order chi connectivity index (χ1) is 16.3. The zero-order valence-corrected chi connectivity index (χ0v) is 19.7. The number of nitrogens with zero attached hydrogens (tertiary/aromatic N) is 5. The Morgan fingerprint density at radius 3 is 2.79 bits per heavy atom. The Balaban J connectivity index is 1.37. The number of rotatable bonds is 7. The maximum absolute atomic E-state index is 13.3. The van der Waals surface area contributed by atoms with Crippen molar-refractivity contribution in [3.8, 4) is 11.6 Å². The third kappa shape index (κ3) is 3.18. The molecule has 0 spiro atoms. The highest BCUT2D eigenvalue weighted by atomic mass is 16.5. The molecule has 1 aliphatic carbocycles. The second-order valence-corrected chi connectivity index (χ2v) is 9.96. The van der Waals surface area contributed by atoms with Gasteiger partial charge in [0.15, 0.2) is 5.78 Å². The molecule has 9 nitrogen and oxygen atoms in total. The predicted molar refractivity (Wildman–Crippen MR) is 124 cm³/mol. The Morgan fingerprint density at radius 1 is 1.26 bits per heavy atom. The molecule has 3 aliphatic rings. The minimum absolute atomic E-state index is 0.0295. The Bertz CT molecular complexity index is 1430. The van der Waals surface area contributed by atoms with Crippen LogP contribution in [0.3, 0.4) is 0 Å². The van der Waals surface area contributed by atoms with Crippen LogP contribution in [0.15, 0.2) is 36.9 Å². The Labute approximate surface area is 196 Å². The summed E-state index contributed by atoms with van der Waals surface area (Å²) in [6.07, 6.45) is 9.23.